The van der Waals surface area contributed by atoms with E-state index in [9.17, 15) is 9.18 Å². The highest BCUT2D eigenvalue weighted by Crippen LogP contribution is 2.26. The number of halogens is 1. The first-order valence-corrected chi connectivity index (χ1v) is 8.54. The molecule has 0 amide bonds. The molecule has 0 aliphatic carbocycles. The molecule has 0 atom stereocenters. The molecule has 4 rings (SSSR count). The molecule has 0 fully saturated rings. The summed E-state index contributed by atoms with van der Waals surface area (Å²) in [5.41, 5.74) is 3.36. The zero-order valence-electron chi connectivity index (χ0n) is 14.7. The van der Waals surface area contributed by atoms with Crippen molar-refractivity contribution in [3.63, 3.8) is 0 Å². The van der Waals surface area contributed by atoms with Crippen molar-refractivity contribution >= 4 is 11.7 Å². The summed E-state index contributed by atoms with van der Waals surface area (Å²) in [4.78, 5) is 26.9. The third kappa shape index (κ3) is 3.36. The Morgan fingerprint density at radius 2 is 2.11 bits per heavy atom. The second kappa shape index (κ2) is 7.11. The van der Waals surface area contributed by atoms with Crippen LogP contribution in [0.2, 0.25) is 0 Å². The Bertz CT molecular complexity index is 995. The number of aromatic nitrogens is 3. The van der Waals surface area contributed by atoms with Gasteiger partial charge in [0.1, 0.15) is 11.5 Å². The highest BCUT2D eigenvalue weighted by molar-refractivity contribution is 5.90. The Morgan fingerprint density at radius 3 is 2.85 bits per heavy atom. The Morgan fingerprint density at radius 1 is 1.22 bits per heavy atom. The van der Waals surface area contributed by atoms with E-state index in [1.165, 1.54) is 19.2 Å². The Labute approximate surface area is 155 Å². The summed E-state index contributed by atoms with van der Waals surface area (Å²) < 4.78 is 18.8. The van der Waals surface area contributed by atoms with E-state index in [1.807, 2.05) is 23.1 Å². The molecule has 6 nitrogen and oxygen atoms in total. The third-order valence-electron chi connectivity index (χ3n) is 4.55. The molecule has 0 spiro atoms. The zero-order valence-corrected chi connectivity index (χ0v) is 14.7. The largest absolute Gasteiger partial charge is 0.465 e. The minimum absolute atomic E-state index is 0.0676. The van der Waals surface area contributed by atoms with Crippen molar-refractivity contribution in [2.45, 2.75) is 13.0 Å². The van der Waals surface area contributed by atoms with Gasteiger partial charge in [-0.3, -0.25) is 4.98 Å². The Hall–Kier alpha value is -3.35. The van der Waals surface area contributed by atoms with E-state index in [-0.39, 0.29) is 5.56 Å². The zero-order chi connectivity index (χ0) is 18.8. The predicted octanol–water partition coefficient (Wildman–Crippen LogP) is 3.03. The fourth-order valence-corrected chi connectivity index (χ4v) is 3.13. The van der Waals surface area contributed by atoms with Crippen LogP contribution in [0.5, 0.6) is 0 Å². The fourth-order valence-electron chi connectivity index (χ4n) is 3.13. The van der Waals surface area contributed by atoms with Crippen LogP contribution in [0.4, 0.5) is 10.1 Å². The standard InChI is InChI=1S/C20H17FN4O2/c1-27-20(26)15-6-5-14(10-16(15)21)25-9-7-17-13(12-25)11-23-19(24-17)18-4-2-3-8-22-18/h2-6,8,10-11H,7,9,12H2,1H3. The molecule has 0 saturated heterocycles. The van der Waals surface area contributed by atoms with E-state index < -0.39 is 11.8 Å². The van der Waals surface area contributed by atoms with Crippen LogP contribution in [0.25, 0.3) is 11.5 Å². The van der Waals surface area contributed by atoms with Gasteiger partial charge in [0.2, 0.25) is 0 Å². The van der Waals surface area contributed by atoms with Gasteiger partial charge in [0, 0.05) is 43.2 Å². The minimum atomic E-state index is -0.682. The topological polar surface area (TPSA) is 68.2 Å². The SMILES string of the molecule is COC(=O)c1ccc(N2CCc3nc(-c4ccccn4)ncc3C2)cc1F. The lowest BCUT2D eigenvalue weighted by Crippen LogP contribution is -2.31. The minimum Gasteiger partial charge on any atom is -0.465 e. The molecule has 2 aromatic heterocycles. The average Bonchev–Trinajstić information content (AvgIpc) is 2.73. The summed E-state index contributed by atoms with van der Waals surface area (Å²) in [6.07, 6.45) is 4.24. The lowest BCUT2D eigenvalue weighted by atomic mass is 10.1. The molecule has 7 heteroatoms. The van der Waals surface area contributed by atoms with Crippen molar-refractivity contribution in [2.24, 2.45) is 0 Å². The van der Waals surface area contributed by atoms with Crippen LogP contribution >= 0.6 is 0 Å². The second-order valence-electron chi connectivity index (χ2n) is 6.21. The summed E-state index contributed by atoms with van der Waals surface area (Å²) >= 11 is 0. The quantitative estimate of drug-likeness (QED) is 0.666. The maximum Gasteiger partial charge on any atom is 0.340 e. The van der Waals surface area contributed by atoms with E-state index in [0.29, 0.717) is 24.6 Å². The van der Waals surface area contributed by atoms with Gasteiger partial charge >= 0.3 is 5.97 Å². The van der Waals surface area contributed by atoms with Crippen LogP contribution in [0.3, 0.4) is 0 Å². The van der Waals surface area contributed by atoms with Gasteiger partial charge in [-0.15, -0.1) is 0 Å². The van der Waals surface area contributed by atoms with Crippen molar-refractivity contribution in [3.05, 3.63) is 71.4 Å². The molecule has 136 valence electrons. The normalized spacial score (nSPS) is 13.2. The molecule has 3 heterocycles. The van der Waals surface area contributed by atoms with Gasteiger partial charge in [-0.1, -0.05) is 6.07 Å². The number of benzene rings is 1. The van der Waals surface area contributed by atoms with Crippen molar-refractivity contribution in [1.29, 1.82) is 0 Å². The molecule has 0 N–H and O–H groups in total. The van der Waals surface area contributed by atoms with Crippen molar-refractivity contribution in [2.75, 3.05) is 18.6 Å². The number of carbonyl (C=O) groups is 1. The van der Waals surface area contributed by atoms with Gasteiger partial charge in [0.15, 0.2) is 5.82 Å². The smallest absolute Gasteiger partial charge is 0.340 e. The van der Waals surface area contributed by atoms with E-state index >= 15 is 0 Å². The number of carbonyl (C=O) groups excluding carboxylic acids is 1. The second-order valence-corrected chi connectivity index (χ2v) is 6.21. The molecule has 0 saturated carbocycles. The predicted molar refractivity (Wildman–Crippen MR) is 97.8 cm³/mol. The number of hydrogen-bond donors (Lipinski definition) is 0. The van der Waals surface area contributed by atoms with E-state index in [1.54, 1.807) is 18.5 Å². The maximum absolute atomic E-state index is 14.2. The molecule has 0 radical (unpaired) electrons. The molecule has 27 heavy (non-hydrogen) atoms. The van der Waals surface area contributed by atoms with E-state index in [4.69, 9.17) is 0 Å². The summed E-state index contributed by atoms with van der Waals surface area (Å²) in [6.45, 7) is 1.28. The molecule has 3 aromatic rings. The van der Waals surface area contributed by atoms with E-state index in [0.717, 1.165) is 23.4 Å². The summed E-state index contributed by atoms with van der Waals surface area (Å²) in [7, 11) is 1.23. The van der Waals surface area contributed by atoms with Crippen LogP contribution in [-0.2, 0) is 17.7 Å². The highest BCUT2D eigenvalue weighted by Gasteiger charge is 2.21. The van der Waals surface area contributed by atoms with Crippen LogP contribution in [0.1, 0.15) is 21.6 Å². The lowest BCUT2D eigenvalue weighted by Gasteiger charge is -2.30. The summed E-state index contributed by atoms with van der Waals surface area (Å²) in [6, 6.07) is 10.2. The van der Waals surface area contributed by atoms with Gasteiger partial charge in [-0.05, 0) is 30.3 Å². The van der Waals surface area contributed by atoms with Gasteiger partial charge in [0.05, 0.1) is 18.4 Å². The molecular formula is C20H17FN4O2. The van der Waals surface area contributed by atoms with Gasteiger partial charge < -0.3 is 9.64 Å². The number of hydrogen-bond acceptors (Lipinski definition) is 6. The van der Waals surface area contributed by atoms with Crippen LogP contribution in [-0.4, -0.2) is 34.6 Å². The Kier molecular flexibility index (Phi) is 4.50. The van der Waals surface area contributed by atoms with Crippen molar-refractivity contribution in [1.82, 2.24) is 15.0 Å². The summed E-state index contributed by atoms with van der Waals surface area (Å²) in [5.74, 6) is -0.665. The molecular weight excluding hydrogens is 347 g/mol. The number of fused-ring (bicyclic) bond motifs is 1. The number of nitrogens with zero attached hydrogens (tertiary/aromatic N) is 4. The van der Waals surface area contributed by atoms with Crippen LogP contribution < -0.4 is 4.90 Å². The number of ether oxygens (including phenoxy) is 1. The van der Waals surface area contributed by atoms with Crippen molar-refractivity contribution < 1.29 is 13.9 Å². The molecule has 1 aromatic carbocycles. The molecule has 1 aliphatic rings. The van der Waals surface area contributed by atoms with Gasteiger partial charge in [-0.2, -0.15) is 0 Å². The number of rotatable bonds is 3. The first kappa shape index (κ1) is 17.1. The molecule has 1 aliphatic heterocycles. The van der Waals surface area contributed by atoms with Crippen LogP contribution in [0, 0.1) is 5.82 Å². The first-order valence-electron chi connectivity index (χ1n) is 8.54. The number of anilines is 1. The molecule has 0 bridgehead atoms. The van der Waals surface area contributed by atoms with E-state index in [2.05, 4.69) is 19.7 Å². The monoisotopic (exact) mass is 364 g/mol. The maximum atomic E-state index is 14.2. The van der Waals surface area contributed by atoms with Gasteiger partial charge in [-0.25, -0.2) is 19.2 Å². The van der Waals surface area contributed by atoms with Crippen LogP contribution in [0.15, 0.2) is 48.8 Å². The molecule has 0 unspecified atom stereocenters. The number of methoxy groups -OCH3 is 1. The Balaban J connectivity index is 1.57. The number of esters is 1. The fraction of sp³-hybridized carbons (Fsp3) is 0.200. The highest BCUT2D eigenvalue weighted by atomic mass is 19.1. The number of pyridine rings is 1. The van der Waals surface area contributed by atoms with Crippen molar-refractivity contribution in [3.8, 4) is 11.5 Å². The summed E-state index contributed by atoms with van der Waals surface area (Å²) in [5, 5.41) is 0. The first-order chi connectivity index (χ1) is 13.2. The average molecular weight is 364 g/mol. The van der Waals surface area contributed by atoms with Gasteiger partial charge in [0.25, 0.3) is 0 Å². The third-order valence-corrected chi connectivity index (χ3v) is 4.55. The lowest BCUT2D eigenvalue weighted by molar-refractivity contribution is 0.0595.